The van der Waals surface area contributed by atoms with Gasteiger partial charge in [0, 0.05) is 41.0 Å². The number of anilines is 1. The quantitative estimate of drug-likeness (QED) is 0.538. The van der Waals surface area contributed by atoms with Gasteiger partial charge in [-0.25, -0.2) is 4.98 Å². The molecule has 0 radical (unpaired) electrons. The number of aromatic nitrogens is 2. The molecule has 1 aromatic carbocycles. The van der Waals surface area contributed by atoms with Gasteiger partial charge in [-0.2, -0.15) is 0 Å². The van der Waals surface area contributed by atoms with E-state index in [1.165, 1.54) is 37.8 Å². The van der Waals surface area contributed by atoms with Gasteiger partial charge >= 0.3 is 0 Å². The molecule has 0 saturated heterocycles. The number of fused-ring (bicyclic) bond motifs is 2. The molecule has 4 heteroatoms. The Balaban J connectivity index is 1.55. The zero-order valence-electron chi connectivity index (χ0n) is 14.1. The topological polar surface area (TPSA) is 43.0 Å². The van der Waals surface area contributed by atoms with E-state index in [0.29, 0.717) is 6.04 Å². The van der Waals surface area contributed by atoms with Crippen LogP contribution in [0, 0.1) is 0 Å². The zero-order valence-corrected chi connectivity index (χ0v) is 14.1. The molecule has 3 heterocycles. The largest absolute Gasteiger partial charge is 0.440 e. The van der Waals surface area contributed by atoms with Crippen LogP contribution in [0.15, 0.2) is 59.3 Å². The van der Waals surface area contributed by atoms with Crippen molar-refractivity contribution in [2.45, 2.75) is 38.1 Å². The van der Waals surface area contributed by atoms with Gasteiger partial charge < -0.3 is 9.73 Å². The van der Waals surface area contributed by atoms with E-state index >= 15 is 0 Å². The number of hydrogen-bond acceptors (Lipinski definition) is 3. The number of rotatable bonds is 3. The SMILES string of the molecule is c1ccc2oc(-n3ccc4c(NC5CCCCC5)ccnc43)cc2c1. The van der Waals surface area contributed by atoms with Crippen LogP contribution in [0.2, 0.25) is 0 Å². The minimum atomic E-state index is 0.578. The van der Waals surface area contributed by atoms with Crippen molar-refractivity contribution in [1.29, 1.82) is 0 Å². The molecule has 0 amide bonds. The maximum Gasteiger partial charge on any atom is 0.206 e. The van der Waals surface area contributed by atoms with Crippen LogP contribution in [0.25, 0.3) is 27.9 Å². The summed E-state index contributed by atoms with van der Waals surface area (Å²) in [5.41, 5.74) is 3.00. The highest BCUT2D eigenvalue weighted by Gasteiger charge is 2.16. The first-order valence-corrected chi connectivity index (χ1v) is 9.10. The highest BCUT2D eigenvalue weighted by atomic mass is 16.4. The Hall–Kier alpha value is -2.75. The molecule has 1 N–H and O–H groups in total. The van der Waals surface area contributed by atoms with Gasteiger partial charge in [-0.3, -0.25) is 4.57 Å². The lowest BCUT2D eigenvalue weighted by atomic mass is 9.95. The number of nitrogens with zero attached hydrogens (tertiary/aromatic N) is 2. The lowest BCUT2D eigenvalue weighted by Gasteiger charge is -2.24. The van der Waals surface area contributed by atoms with Gasteiger partial charge in [0.1, 0.15) is 11.2 Å². The minimum absolute atomic E-state index is 0.578. The summed E-state index contributed by atoms with van der Waals surface area (Å²) in [5.74, 6) is 0.804. The van der Waals surface area contributed by atoms with Gasteiger partial charge in [0.25, 0.3) is 0 Å². The second kappa shape index (κ2) is 5.96. The Kier molecular flexibility index (Phi) is 3.47. The fraction of sp³-hybridized carbons (Fsp3) is 0.286. The van der Waals surface area contributed by atoms with E-state index in [0.717, 1.165) is 27.9 Å². The molecule has 0 spiro atoms. The molecule has 1 aliphatic rings. The van der Waals surface area contributed by atoms with E-state index in [1.54, 1.807) is 0 Å². The molecule has 0 aliphatic heterocycles. The van der Waals surface area contributed by atoms with Crippen LogP contribution in [0.5, 0.6) is 0 Å². The number of nitrogens with one attached hydrogen (secondary N) is 1. The van der Waals surface area contributed by atoms with Gasteiger partial charge in [-0.05, 0) is 31.0 Å². The summed E-state index contributed by atoms with van der Waals surface area (Å²) in [5, 5.41) is 5.99. The third-order valence-electron chi connectivity index (χ3n) is 5.20. The molecule has 126 valence electrons. The number of furan rings is 1. The van der Waals surface area contributed by atoms with Gasteiger partial charge in [0.2, 0.25) is 5.88 Å². The van der Waals surface area contributed by atoms with Crippen LogP contribution < -0.4 is 5.32 Å². The zero-order chi connectivity index (χ0) is 16.6. The van der Waals surface area contributed by atoms with Crippen LogP contribution in [0.1, 0.15) is 32.1 Å². The molecule has 5 rings (SSSR count). The normalized spacial score (nSPS) is 15.8. The Morgan fingerprint density at radius 1 is 1.04 bits per heavy atom. The van der Waals surface area contributed by atoms with Crippen molar-refractivity contribution in [3.63, 3.8) is 0 Å². The highest BCUT2D eigenvalue weighted by Crippen LogP contribution is 2.30. The predicted molar refractivity (Wildman–Crippen MR) is 101 cm³/mol. The second-order valence-electron chi connectivity index (χ2n) is 6.88. The maximum absolute atomic E-state index is 6.01. The summed E-state index contributed by atoms with van der Waals surface area (Å²) in [4.78, 5) is 4.60. The average Bonchev–Trinajstić information content (AvgIpc) is 3.27. The van der Waals surface area contributed by atoms with E-state index in [-0.39, 0.29) is 0 Å². The van der Waals surface area contributed by atoms with Crippen LogP contribution in [-0.2, 0) is 0 Å². The molecule has 4 nitrogen and oxygen atoms in total. The van der Waals surface area contributed by atoms with Gasteiger partial charge in [-0.1, -0.05) is 37.5 Å². The fourth-order valence-electron chi connectivity index (χ4n) is 3.90. The van der Waals surface area contributed by atoms with Crippen molar-refractivity contribution >= 4 is 27.7 Å². The average molecular weight is 331 g/mol. The summed E-state index contributed by atoms with van der Waals surface area (Å²) < 4.78 is 8.04. The molecule has 0 atom stereocenters. The van der Waals surface area contributed by atoms with Crippen molar-refractivity contribution < 1.29 is 4.42 Å². The Labute approximate surface area is 146 Å². The number of pyridine rings is 1. The monoisotopic (exact) mass is 331 g/mol. The van der Waals surface area contributed by atoms with Crippen molar-refractivity contribution in [3.05, 3.63) is 54.9 Å². The summed E-state index contributed by atoms with van der Waals surface area (Å²) in [6.45, 7) is 0. The Bertz CT molecular complexity index is 991. The van der Waals surface area contributed by atoms with Gasteiger partial charge in [-0.15, -0.1) is 0 Å². The molecule has 1 aliphatic carbocycles. The van der Waals surface area contributed by atoms with Crippen LogP contribution in [-0.4, -0.2) is 15.6 Å². The molecule has 0 bridgehead atoms. The molecule has 1 saturated carbocycles. The molecule has 4 aromatic rings. The number of benzene rings is 1. The van der Waals surface area contributed by atoms with E-state index in [1.807, 2.05) is 35.2 Å². The van der Waals surface area contributed by atoms with E-state index in [2.05, 4.69) is 34.6 Å². The van der Waals surface area contributed by atoms with Crippen molar-refractivity contribution in [1.82, 2.24) is 9.55 Å². The Morgan fingerprint density at radius 3 is 2.80 bits per heavy atom. The fourth-order valence-corrected chi connectivity index (χ4v) is 3.90. The van der Waals surface area contributed by atoms with E-state index in [9.17, 15) is 0 Å². The van der Waals surface area contributed by atoms with Crippen LogP contribution in [0.4, 0.5) is 5.69 Å². The molecular formula is C21H21N3O. The second-order valence-corrected chi connectivity index (χ2v) is 6.88. The summed E-state index contributed by atoms with van der Waals surface area (Å²) in [6, 6.07) is 14.9. The van der Waals surface area contributed by atoms with Gasteiger partial charge in [0.05, 0.1) is 0 Å². The van der Waals surface area contributed by atoms with Crippen molar-refractivity contribution in [2.24, 2.45) is 0 Å². The van der Waals surface area contributed by atoms with Crippen molar-refractivity contribution in [3.8, 4) is 5.88 Å². The summed E-state index contributed by atoms with van der Waals surface area (Å²) >= 11 is 0. The Morgan fingerprint density at radius 2 is 1.92 bits per heavy atom. The molecule has 3 aromatic heterocycles. The van der Waals surface area contributed by atoms with Crippen molar-refractivity contribution in [2.75, 3.05) is 5.32 Å². The lowest BCUT2D eigenvalue weighted by Crippen LogP contribution is -2.22. The summed E-state index contributed by atoms with van der Waals surface area (Å²) in [7, 11) is 0. The molecular weight excluding hydrogens is 310 g/mol. The van der Waals surface area contributed by atoms with Crippen LogP contribution >= 0.6 is 0 Å². The number of hydrogen-bond donors (Lipinski definition) is 1. The summed E-state index contributed by atoms with van der Waals surface area (Å²) in [6.07, 6.45) is 10.5. The standard InChI is InChI=1S/C21H21N3O/c1-2-7-16(8-3-1)23-18-10-12-22-21-17(18)11-13-24(21)20-14-15-6-4-5-9-19(15)25-20/h4-6,9-14,16H,1-3,7-8H2,(H,22,23). The van der Waals surface area contributed by atoms with E-state index < -0.39 is 0 Å². The number of para-hydroxylation sites is 1. The smallest absolute Gasteiger partial charge is 0.206 e. The maximum atomic E-state index is 6.01. The molecule has 25 heavy (non-hydrogen) atoms. The highest BCUT2D eigenvalue weighted by molar-refractivity contribution is 5.91. The third kappa shape index (κ3) is 2.58. The molecule has 0 unspecified atom stereocenters. The first-order chi connectivity index (χ1) is 12.4. The first-order valence-electron chi connectivity index (χ1n) is 9.10. The van der Waals surface area contributed by atoms with Gasteiger partial charge in [0.15, 0.2) is 0 Å². The predicted octanol–water partition coefficient (Wildman–Crippen LogP) is 5.52. The van der Waals surface area contributed by atoms with Crippen LogP contribution in [0.3, 0.4) is 0 Å². The molecule has 1 fully saturated rings. The lowest BCUT2D eigenvalue weighted by molar-refractivity contribution is 0.463. The first kappa shape index (κ1) is 14.6. The minimum Gasteiger partial charge on any atom is -0.440 e. The van der Waals surface area contributed by atoms with E-state index in [4.69, 9.17) is 4.42 Å². The third-order valence-corrected chi connectivity index (χ3v) is 5.20.